The van der Waals surface area contributed by atoms with Crippen molar-refractivity contribution in [2.24, 2.45) is 0 Å². The number of nitrogens with one attached hydrogen (secondary N) is 1. The number of H-pyrrole nitrogens is 1. The minimum absolute atomic E-state index is 0.155. The molecule has 0 saturated heterocycles. The number of anilines is 1. The average molecular weight is 193 g/mol. The first kappa shape index (κ1) is 8.55. The maximum absolute atomic E-state index is 12.7. The summed E-state index contributed by atoms with van der Waals surface area (Å²) in [6.07, 6.45) is 1.47. The standard InChI is InChI=1S/C9H8FN3O/c10-5-1-2-6(8(14)3-5)7-4-12-13-9(7)11/h1-4,14H,(H3,11,12,13). The Kier molecular flexibility index (Phi) is 1.85. The Morgan fingerprint density at radius 3 is 2.71 bits per heavy atom. The highest BCUT2D eigenvalue weighted by molar-refractivity contribution is 5.77. The van der Waals surface area contributed by atoms with E-state index in [0.717, 1.165) is 6.07 Å². The first-order valence-electron chi connectivity index (χ1n) is 3.96. The van der Waals surface area contributed by atoms with Crippen molar-refractivity contribution in [1.82, 2.24) is 10.2 Å². The normalized spacial score (nSPS) is 10.4. The van der Waals surface area contributed by atoms with Gasteiger partial charge in [0, 0.05) is 17.2 Å². The number of nitrogens with zero attached hydrogens (tertiary/aromatic N) is 1. The first-order chi connectivity index (χ1) is 6.68. The Labute approximate surface area is 79.2 Å². The van der Waals surface area contributed by atoms with Gasteiger partial charge in [0.1, 0.15) is 17.4 Å². The lowest BCUT2D eigenvalue weighted by molar-refractivity contribution is 0.471. The van der Waals surface area contributed by atoms with Gasteiger partial charge in [0.15, 0.2) is 0 Å². The molecule has 2 rings (SSSR count). The second kappa shape index (κ2) is 3.02. The Balaban J connectivity index is 2.58. The summed E-state index contributed by atoms with van der Waals surface area (Å²) in [7, 11) is 0. The Bertz CT molecular complexity index is 467. The molecule has 5 heteroatoms. The highest BCUT2D eigenvalue weighted by Crippen LogP contribution is 2.31. The molecule has 0 aliphatic carbocycles. The third kappa shape index (κ3) is 1.28. The first-order valence-corrected chi connectivity index (χ1v) is 3.96. The van der Waals surface area contributed by atoms with Crippen LogP contribution >= 0.6 is 0 Å². The summed E-state index contributed by atoms with van der Waals surface area (Å²) in [5.74, 6) is -0.307. The number of halogens is 1. The number of rotatable bonds is 1. The zero-order chi connectivity index (χ0) is 10.1. The van der Waals surface area contributed by atoms with Crippen LogP contribution in [0.5, 0.6) is 5.75 Å². The van der Waals surface area contributed by atoms with Crippen LogP contribution < -0.4 is 5.73 Å². The van der Waals surface area contributed by atoms with Crippen molar-refractivity contribution in [1.29, 1.82) is 0 Å². The van der Waals surface area contributed by atoms with Gasteiger partial charge in [0.2, 0.25) is 0 Å². The van der Waals surface area contributed by atoms with Crippen molar-refractivity contribution in [3.05, 3.63) is 30.2 Å². The highest BCUT2D eigenvalue weighted by Gasteiger charge is 2.09. The van der Waals surface area contributed by atoms with Crippen LogP contribution in [0.25, 0.3) is 11.1 Å². The number of nitrogen functional groups attached to an aromatic ring is 1. The summed E-state index contributed by atoms with van der Waals surface area (Å²) in [4.78, 5) is 0. The molecule has 1 aromatic carbocycles. The number of hydrogen-bond donors (Lipinski definition) is 3. The maximum atomic E-state index is 12.7. The molecule has 2 aromatic rings. The summed E-state index contributed by atoms with van der Waals surface area (Å²) in [5.41, 5.74) is 6.57. The minimum Gasteiger partial charge on any atom is -0.507 e. The summed E-state index contributed by atoms with van der Waals surface area (Å²) < 4.78 is 12.7. The summed E-state index contributed by atoms with van der Waals surface area (Å²) >= 11 is 0. The van der Waals surface area contributed by atoms with Gasteiger partial charge in [-0.2, -0.15) is 5.10 Å². The van der Waals surface area contributed by atoms with E-state index in [-0.39, 0.29) is 5.75 Å². The number of benzene rings is 1. The quantitative estimate of drug-likeness (QED) is 0.642. The molecule has 0 unspecified atom stereocenters. The number of nitrogens with two attached hydrogens (primary N) is 1. The lowest BCUT2D eigenvalue weighted by atomic mass is 10.1. The van der Waals surface area contributed by atoms with E-state index in [0.29, 0.717) is 16.9 Å². The second-order valence-electron chi connectivity index (χ2n) is 2.86. The molecule has 14 heavy (non-hydrogen) atoms. The van der Waals surface area contributed by atoms with E-state index in [9.17, 15) is 9.50 Å². The number of hydrogen-bond acceptors (Lipinski definition) is 3. The van der Waals surface area contributed by atoms with Gasteiger partial charge in [0.25, 0.3) is 0 Å². The van der Waals surface area contributed by atoms with Gasteiger partial charge in [0.05, 0.1) is 6.20 Å². The molecule has 0 radical (unpaired) electrons. The number of aromatic hydroxyl groups is 1. The number of phenolic OH excluding ortho intramolecular Hbond substituents is 1. The van der Waals surface area contributed by atoms with E-state index in [1.807, 2.05) is 0 Å². The van der Waals surface area contributed by atoms with Gasteiger partial charge in [-0.15, -0.1) is 0 Å². The van der Waals surface area contributed by atoms with Crippen LogP contribution in [0.1, 0.15) is 0 Å². The molecule has 1 heterocycles. The topological polar surface area (TPSA) is 74.9 Å². The van der Waals surface area contributed by atoms with Crippen molar-refractivity contribution >= 4 is 5.82 Å². The third-order valence-electron chi connectivity index (χ3n) is 1.92. The van der Waals surface area contributed by atoms with Crippen LogP contribution in [0.4, 0.5) is 10.2 Å². The molecule has 0 bridgehead atoms. The molecule has 0 amide bonds. The maximum Gasteiger partial charge on any atom is 0.126 e. The van der Waals surface area contributed by atoms with Crippen LogP contribution in [0.2, 0.25) is 0 Å². The largest absolute Gasteiger partial charge is 0.507 e. The molecule has 0 saturated carbocycles. The molecule has 0 aliphatic rings. The van der Waals surface area contributed by atoms with Gasteiger partial charge < -0.3 is 10.8 Å². The van der Waals surface area contributed by atoms with Crippen molar-refractivity contribution in [2.45, 2.75) is 0 Å². The van der Waals surface area contributed by atoms with Gasteiger partial charge in [-0.05, 0) is 12.1 Å². The predicted molar refractivity (Wildman–Crippen MR) is 50.1 cm³/mol. The predicted octanol–water partition coefficient (Wildman–Crippen LogP) is 1.50. The third-order valence-corrected chi connectivity index (χ3v) is 1.92. The van der Waals surface area contributed by atoms with E-state index in [2.05, 4.69) is 10.2 Å². The van der Waals surface area contributed by atoms with Crippen LogP contribution in [0.3, 0.4) is 0 Å². The molecular weight excluding hydrogens is 185 g/mol. The highest BCUT2D eigenvalue weighted by atomic mass is 19.1. The molecule has 1 aromatic heterocycles. The zero-order valence-electron chi connectivity index (χ0n) is 7.16. The van der Waals surface area contributed by atoms with Gasteiger partial charge in [-0.3, -0.25) is 5.10 Å². The molecule has 0 spiro atoms. The second-order valence-corrected chi connectivity index (χ2v) is 2.86. The Morgan fingerprint density at radius 1 is 1.36 bits per heavy atom. The molecule has 72 valence electrons. The number of phenols is 1. The molecule has 4 nitrogen and oxygen atoms in total. The monoisotopic (exact) mass is 193 g/mol. The van der Waals surface area contributed by atoms with Crippen LogP contribution in [-0.2, 0) is 0 Å². The van der Waals surface area contributed by atoms with Crippen LogP contribution in [0.15, 0.2) is 24.4 Å². The SMILES string of the molecule is Nc1[nH]ncc1-c1ccc(F)cc1O. The fraction of sp³-hybridized carbons (Fsp3) is 0. The van der Waals surface area contributed by atoms with Crippen LogP contribution in [0, 0.1) is 5.82 Å². The smallest absolute Gasteiger partial charge is 0.126 e. The van der Waals surface area contributed by atoms with Crippen molar-refractivity contribution in [2.75, 3.05) is 5.73 Å². The van der Waals surface area contributed by atoms with Crippen LogP contribution in [-0.4, -0.2) is 15.3 Å². The average Bonchev–Trinajstić information content (AvgIpc) is 2.52. The van der Waals surface area contributed by atoms with Crippen molar-refractivity contribution in [3.8, 4) is 16.9 Å². The fourth-order valence-electron chi connectivity index (χ4n) is 1.24. The molecule has 4 N–H and O–H groups in total. The van der Waals surface area contributed by atoms with Gasteiger partial charge in [-0.25, -0.2) is 4.39 Å². The van der Waals surface area contributed by atoms with Gasteiger partial charge in [-0.1, -0.05) is 0 Å². The number of aromatic amines is 1. The van der Waals surface area contributed by atoms with E-state index >= 15 is 0 Å². The number of aromatic nitrogens is 2. The van der Waals surface area contributed by atoms with E-state index in [1.165, 1.54) is 18.3 Å². The summed E-state index contributed by atoms with van der Waals surface area (Å²) in [6.45, 7) is 0. The van der Waals surface area contributed by atoms with E-state index in [4.69, 9.17) is 5.73 Å². The van der Waals surface area contributed by atoms with Crippen molar-refractivity contribution < 1.29 is 9.50 Å². The Morgan fingerprint density at radius 2 is 2.14 bits per heavy atom. The van der Waals surface area contributed by atoms with Gasteiger partial charge >= 0.3 is 0 Å². The minimum atomic E-state index is -0.492. The molecule has 0 atom stereocenters. The molecule has 0 aliphatic heterocycles. The zero-order valence-corrected chi connectivity index (χ0v) is 7.16. The molecular formula is C9H8FN3O. The molecule has 0 fully saturated rings. The fourth-order valence-corrected chi connectivity index (χ4v) is 1.24. The van der Waals surface area contributed by atoms with Crippen molar-refractivity contribution in [3.63, 3.8) is 0 Å². The van der Waals surface area contributed by atoms with E-state index in [1.54, 1.807) is 0 Å². The Hall–Kier alpha value is -2.04. The summed E-state index contributed by atoms with van der Waals surface area (Å²) in [6, 6.07) is 3.73. The lowest BCUT2D eigenvalue weighted by Gasteiger charge is -2.02. The lowest BCUT2D eigenvalue weighted by Crippen LogP contribution is -1.88. The summed E-state index contributed by atoms with van der Waals surface area (Å²) in [5, 5.41) is 15.7. The van der Waals surface area contributed by atoms with E-state index < -0.39 is 5.82 Å².